The number of nitro benzene ring substituents is 1. The van der Waals surface area contributed by atoms with Gasteiger partial charge in [0.15, 0.2) is 0 Å². The first-order valence-corrected chi connectivity index (χ1v) is 10.6. The third-order valence-electron chi connectivity index (χ3n) is 5.64. The van der Waals surface area contributed by atoms with Crippen LogP contribution in [0.15, 0.2) is 53.4 Å². The van der Waals surface area contributed by atoms with Crippen LogP contribution in [0.2, 0.25) is 0 Å². The Morgan fingerprint density at radius 1 is 1.04 bits per heavy atom. The number of hydrogen-bond donors (Lipinski definition) is 0. The second kappa shape index (κ2) is 8.42. The molecule has 1 fully saturated rings. The van der Waals surface area contributed by atoms with Gasteiger partial charge in [0.2, 0.25) is 0 Å². The number of benzene rings is 2. The van der Waals surface area contributed by atoms with Crippen molar-refractivity contribution in [2.45, 2.75) is 23.8 Å². The van der Waals surface area contributed by atoms with E-state index in [0.717, 1.165) is 39.1 Å². The third kappa shape index (κ3) is 4.34. The quantitative estimate of drug-likeness (QED) is 0.577. The van der Waals surface area contributed by atoms with Crippen molar-refractivity contribution in [1.29, 1.82) is 0 Å². The van der Waals surface area contributed by atoms with Crippen molar-refractivity contribution in [3.05, 3.63) is 69.8 Å². The number of piperazine rings is 1. The zero-order valence-corrected chi connectivity index (χ0v) is 16.2. The first-order chi connectivity index (χ1) is 13.2. The molecule has 0 N–H and O–H groups in total. The maximum atomic E-state index is 10.7. The van der Waals surface area contributed by atoms with Crippen molar-refractivity contribution in [3.8, 4) is 0 Å². The highest BCUT2D eigenvalue weighted by Crippen LogP contribution is 2.39. The Labute approximate surface area is 164 Å². The van der Waals surface area contributed by atoms with Crippen molar-refractivity contribution in [2.75, 3.05) is 38.5 Å². The van der Waals surface area contributed by atoms with Gasteiger partial charge in [0, 0.05) is 55.8 Å². The standard InChI is InChI=1S/C21H25N3O2S/c25-24(26)18-7-5-17(6-8-18)9-11-22-12-14-23(15-13-22)20-10-16-27-21-4-2-1-3-19(20)21/h1-8,20H,9-16H2. The van der Waals surface area contributed by atoms with Gasteiger partial charge in [0.1, 0.15) is 0 Å². The van der Waals surface area contributed by atoms with Crippen LogP contribution >= 0.6 is 11.8 Å². The lowest BCUT2D eigenvalue weighted by Gasteiger charge is -2.41. The van der Waals surface area contributed by atoms with Gasteiger partial charge in [0.05, 0.1) is 4.92 Å². The number of rotatable bonds is 5. The van der Waals surface area contributed by atoms with Crippen molar-refractivity contribution in [3.63, 3.8) is 0 Å². The van der Waals surface area contributed by atoms with Crippen LogP contribution in [0.3, 0.4) is 0 Å². The molecule has 0 saturated carbocycles. The smallest absolute Gasteiger partial charge is 0.269 e. The Balaban J connectivity index is 1.29. The SMILES string of the molecule is O=[N+]([O-])c1ccc(CCN2CCN(C3CCSc4ccccc43)CC2)cc1. The van der Waals surface area contributed by atoms with Gasteiger partial charge in [-0.05, 0) is 35.8 Å². The minimum atomic E-state index is -0.342. The van der Waals surface area contributed by atoms with Crippen LogP contribution < -0.4 is 0 Å². The number of fused-ring (bicyclic) bond motifs is 1. The fourth-order valence-electron chi connectivity index (χ4n) is 4.07. The number of thioether (sulfide) groups is 1. The lowest BCUT2D eigenvalue weighted by molar-refractivity contribution is -0.384. The van der Waals surface area contributed by atoms with Gasteiger partial charge in [-0.3, -0.25) is 15.0 Å². The molecule has 27 heavy (non-hydrogen) atoms. The maximum absolute atomic E-state index is 10.7. The Morgan fingerprint density at radius 3 is 2.52 bits per heavy atom. The maximum Gasteiger partial charge on any atom is 0.269 e. The van der Waals surface area contributed by atoms with E-state index in [9.17, 15) is 10.1 Å². The summed E-state index contributed by atoms with van der Waals surface area (Å²) in [5.41, 5.74) is 2.84. The molecule has 0 bridgehead atoms. The van der Waals surface area contributed by atoms with Gasteiger partial charge in [-0.1, -0.05) is 30.3 Å². The fraction of sp³-hybridized carbons (Fsp3) is 0.429. The Morgan fingerprint density at radius 2 is 1.78 bits per heavy atom. The summed E-state index contributed by atoms with van der Waals surface area (Å²) in [7, 11) is 0. The first-order valence-electron chi connectivity index (χ1n) is 9.62. The minimum absolute atomic E-state index is 0.165. The van der Waals surface area contributed by atoms with Crippen LogP contribution in [0.1, 0.15) is 23.6 Å². The average Bonchev–Trinajstić information content (AvgIpc) is 2.72. The fourth-order valence-corrected chi connectivity index (χ4v) is 5.18. The molecule has 2 aliphatic heterocycles. The molecule has 142 valence electrons. The Hall–Kier alpha value is -1.89. The molecule has 2 aromatic carbocycles. The van der Waals surface area contributed by atoms with E-state index in [0.29, 0.717) is 6.04 Å². The first kappa shape index (κ1) is 18.5. The highest BCUT2D eigenvalue weighted by Gasteiger charge is 2.28. The van der Waals surface area contributed by atoms with Crippen molar-refractivity contribution in [2.24, 2.45) is 0 Å². The molecule has 5 nitrogen and oxygen atoms in total. The summed E-state index contributed by atoms with van der Waals surface area (Å²) in [6.45, 7) is 5.44. The molecule has 2 aromatic rings. The van der Waals surface area contributed by atoms with E-state index in [1.807, 2.05) is 23.9 Å². The Bertz CT molecular complexity index is 788. The predicted octanol–water partition coefficient (Wildman–Crippen LogP) is 3.99. The summed E-state index contributed by atoms with van der Waals surface area (Å²) in [6, 6.07) is 16.4. The molecule has 1 unspecified atom stereocenters. The summed E-state index contributed by atoms with van der Waals surface area (Å²) in [5, 5.41) is 10.7. The van der Waals surface area contributed by atoms with Crippen molar-refractivity contribution >= 4 is 17.4 Å². The molecule has 6 heteroatoms. The van der Waals surface area contributed by atoms with Gasteiger partial charge in [-0.25, -0.2) is 0 Å². The zero-order chi connectivity index (χ0) is 18.6. The van der Waals surface area contributed by atoms with E-state index < -0.39 is 0 Å². The molecule has 1 saturated heterocycles. The van der Waals surface area contributed by atoms with Crippen LogP contribution in [0.5, 0.6) is 0 Å². The molecule has 2 aliphatic rings. The molecule has 2 heterocycles. The number of hydrogen-bond acceptors (Lipinski definition) is 5. The van der Waals surface area contributed by atoms with E-state index in [1.54, 1.807) is 12.1 Å². The zero-order valence-electron chi connectivity index (χ0n) is 15.4. The number of nitrogens with zero attached hydrogens (tertiary/aromatic N) is 3. The molecule has 0 amide bonds. The summed E-state index contributed by atoms with van der Waals surface area (Å²) in [6.07, 6.45) is 2.19. The van der Waals surface area contributed by atoms with Crippen LogP contribution in [-0.4, -0.2) is 53.2 Å². The molecular weight excluding hydrogens is 358 g/mol. The summed E-state index contributed by atoms with van der Waals surface area (Å²) in [5.74, 6) is 1.21. The number of nitro groups is 1. The van der Waals surface area contributed by atoms with Crippen LogP contribution in [0.4, 0.5) is 5.69 Å². The summed E-state index contributed by atoms with van der Waals surface area (Å²) >= 11 is 1.99. The van der Waals surface area contributed by atoms with Gasteiger partial charge in [0.25, 0.3) is 5.69 Å². The molecule has 0 aliphatic carbocycles. The highest BCUT2D eigenvalue weighted by molar-refractivity contribution is 7.99. The van der Waals surface area contributed by atoms with Crippen LogP contribution in [0.25, 0.3) is 0 Å². The lowest BCUT2D eigenvalue weighted by Crippen LogP contribution is -2.48. The number of non-ortho nitro benzene ring substituents is 1. The lowest BCUT2D eigenvalue weighted by atomic mass is 10.0. The second-order valence-electron chi connectivity index (χ2n) is 7.24. The van der Waals surface area contributed by atoms with Gasteiger partial charge < -0.3 is 4.90 Å². The second-order valence-corrected chi connectivity index (χ2v) is 8.38. The molecular formula is C21H25N3O2S. The molecule has 0 radical (unpaired) electrons. The minimum Gasteiger partial charge on any atom is -0.300 e. The predicted molar refractivity (Wildman–Crippen MR) is 109 cm³/mol. The van der Waals surface area contributed by atoms with Gasteiger partial charge >= 0.3 is 0 Å². The Kier molecular flexibility index (Phi) is 5.76. The van der Waals surface area contributed by atoms with E-state index in [-0.39, 0.29) is 10.6 Å². The van der Waals surface area contributed by atoms with Gasteiger partial charge in [-0.2, -0.15) is 0 Å². The monoisotopic (exact) mass is 383 g/mol. The molecule has 1 atom stereocenters. The normalized spacial score (nSPS) is 21.0. The molecule has 0 spiro atoms. The summed E-state index contributed by atoms with van der Waals surface area (Å²) < 4.78 is 0. The van der Waals surface area contributed by atoms with E-state index in [1.165, 1.54) is 28.2 Å². The van der Waals surface area contributed by atoms with Crippen LogP contribution in [-0.2, 0) is 6.42 Å². The van der Waals surface area contributed by atoms with E-state index >= 15 is 0 Å². The molecule has 4 rings (SSSR count). The van der Waals surface area contributed by atoms with E-state index in [4.69, 9.17) is 0 Å². The highest BCUT2D eigenvalue weighted by atomic mass is 32.2. The van der Waals surface area contributed by atoms with Crippen molar-refractivity contribution < 1.29 is 4.92 Å². The van der Waals surface area contributed by atoms with E-state index in [2.05, 4.69) is 34.1 Å². The topological polar surface area (TPSA) is 49.6 Å². The van der Waals surface area contributed by atoms with Gasteiger partial charge in [-0.15, -0.1) is 11.8 Å². The van der Waals surface area contributed by atoms with Crippen molar-refractivity contribution in [1.82, 2.24) is 9.80 Å². The third-order valence-corrected chi connectivity index (χ3v) is 6.76. The van der Waals surface area contributed by atoms with Crippen LogP contribution in [0, 0.1) is 10.1 Å². The molecule has 0 aromatic heterocycles. The summed E-state index contributed by atoms with van der Waals surface area (Å²) in [4.78, 5) is 17.0. The largest absolute Gasteiger partial charge is 0.300 e. The average molecular weight is 384 g/mol.